The van der Waals surface area contributed by atoms with Crippen LogP contribution in [0.15, 0.2) is 12.1 Å². The first-order chi connectivity index (χ1) is 6.22. The first kappa shape index (κ1) is 8.76. The van der Waals surface area contributed by atoms with E-state index in [0.717, 1.165) is 18.0 Å². The van der Waals surface area contributed by atoms with Crippen LogP contribution in [-0.2, 0) is 0 Å². The first-order valence-electron chi connectivity index (χ1n) is 4.64. The average molecular weight is 195 g/mol. The van der Waals surface area contributed by atoms with Crippen LogP contribution in [0.25, 0.3) is 6.20 Å². The van der Waals surface area contributed by atoms with Crippen LogP contribution in [-0.4, -0.2) is 6.54 Å². The minimum Gasteiger partial charge on any atom is -0.196 e. The van der Waals surface area contributed by atoms with Crippen LogP contribution >= 0.6 is 11.6 Å². The zero-order valence-electron chi connectivity index (χ0n) is 7.97. The number of fused-ring (bicyclic) bond motifs is 1. The molecule has 2 heteroatoms. The molecule has 0 bridgehead atoms. The number of hydrogen-bond acceptors (Lipinski definition) is 0. The van der Waals surface area contributed by atoms with Gasteiger partial charge in [0.15, 0.2) is 6.20 Å². The van der Waals surface area contributed by atoms with Gasteiger partial charge in [-0.1, -0.05) is 18.5 Å². The highest BCUT2D eigenvalue weighted by atomic mass is 35.5. The number of rotatable bonds is 2. The molecule has 0 aromatic heterocycles. The molecule has 1 nitrogen and oxygen atoms in total. The van der Waals surface area contributed by atoms with Crippen LogP contribution in [0.3, 0.4) is 0 Å². The van der Waals surface area contributed by atoms with E-state index in [2.05, 4.69) is 30.7 Å². The van der Waals surface area contributed by atoms with Gasteiger partial charge in [0.2, 0.25) is 5.36 Å². The Labute approximate surface area is 83.0 Å². The molecule has 0 amide bonds. The van der Waals surface area contributed by atoms with Crippen LogP contribution in [0.1, 0.15) is 18.9 Å². The van der Waals surface area contributed by atoms with Crippen LogP contribution < -0.4 is 15.2 Å². The zero-order valence-corrected chi connectivity index (χ0v) is 8.73. The van der Waals surface area contributed by atoms with Gasteiger partial charge in [-0.05, 0) is 24.6 Å². The first-order valence-corrected chi connectivity index (χ1v) is 5.02. The van der Waals surface area contributed by atoms with Gasteiger partial charge in [-0.2, -0.15) is 4.58 Å². The largest absolute Gasteiger partial charge is 0.237 e. The predicted molar refractivity (Wildman–Crippen MR) is 56.3 cm³/mol. The molecular formula is C11H13ClN+. The SMILES string of the molecule is CCC[N+]1=c2c(Cl)cc(C)cc2=C1. The summed E-state index contributed by atoms with van der Waals surface area (Å²) in [6.07, 6.45) is 3.32. The minimum atomic E-state index is 0.881. The molecule has 0 aliphatic carbocycles. The van der Waals surface area contributed by atoms with Crippen molar-refractivity contribution in [3.05, 3.63) is 33.3 Å². The second-order valence-corrected chi connectivity index (χ2v) is 3.91. The van der Waals surface area contributed by atoms with E-state index in [-0.39, 0.29) is 0 Å². The van der Waals surface area contributed by atoms with Crippen molar-refractivity contribution in [2.45, 2.75) is 20.3 Å². The summed E-state index contributed by atoms with van der Waals surface area (Å²) in [6.45, 7) is 5.31. The number of aryl methyl sites for hydroxylation is 1. The molecule has 0 fully saturated rings. The highest BCUT2D eigenvalue weighted by molar-refractivity contribution is 6.30. The smallest absolute Gasteiger partial charge is 0.196 e. The number of benzene rings is 1. The summed E-state index contributed by atoms with van der Waals surface area (Å²) < 4.78 is 2.22. The van der Waals surface area contributed by atoms with E-state index in [1.807, 2.05) is 6.07 Å². The van der Waals surface area contributed by atoms with Gasteiger partial charge in [-0.15, -0.1) is 0 Å². The Balaban J connectivity index is 2.59. The lowest BCUT2D eigenvalue weighted by atomic mass is 10.1. The van der Waals surface area contributed by atoms with Gasteiger partial charge in [-0.3, -0.25) is 0 Å². The van der Waals surface area contributed by atoms with Gasteiger partial charge < -0.3 is 0 Å². The van der Waals surface area contributed by atoms with Gasteiger partial charge in [0.1, 0.15) is 16.8 Å². The van der Waals surface area contributed by atoms with E-state index < -0.39 is 0 Å². The number of hydrogen-bond donors (Lipinski definition) is 0. The maximum atomic E-state index is 6.14. The molecule has 0 atom stereocenters. The fourth-order valence-corrected chi connectivity index (χ4v) is 2.14. The van der Waals surface area contributed by atoms with Crippen LogP contribution in [0.5, 0.6) is 0 Å². The lowest BCUT2D eigenvalue weighted by molar-refractivity contribution is 0.700. The van der Waals surface area contributed by atoms with E-state index >= 15 is 0 Å². The molecule has 1 aromatic carbocycles. The maximum absolute atomic E-state index is 6.14. The lowest BCUT2D eigenvalue weighted by Gasteiger charge is -2.05. The molecule has 0 radical (unpaired) electrons. The topological polar surface area (TPSA) is 3.01 Å². The lowest BCUT2D eigenvalue weighted by Crippen LogP contribution is -2.48. The molecule has 1 aliphatic heterocycles. The van der Waals surface area contributed by atoms with Crippen molar-refractivity contribution in [1.29, 1.82) is 0 Å². The number of halogens is 1. The minimum absolute atomic E-state index is 0.881. The van der Waals surface area contributed by atoms with E-state index in [9.17, 15) is 0 Å². The summed E-state index contributed by atoms with van der Waals surface area (Å²) in [5.74, 6) is 0. The van der Waals surface area contributed by atoms with E-state index in [4.69, 9.17) is 11.6 Å². The third-order valence-electron chi connectivity index (χ3n) is 2.28. The second kappa shape index (κ2) is 3.15. The Hall–Kier alpha value is -0.820. The van der Waals surface area contributed by atoms with Crippen molar-refractivity contribution in [3.63, 3.8) is 0 Å². The van der Waals surface area contributed by atoms with Crippen molar-refractivity contribution in [3.8, 4) is 0 Å². The molecule has 1 heterocycles. The summed E-state index contributed by atoms with van der Waals surface area (Å²) >= 11 is 6.14. The van der Waals surface area contributed by atoms with Gasteiger partial charge in [0.05, 0.1) is 0 Å². The Bertz CT molecular complexity index is 460. The fourth-order valence-electron chi connectivity index (χ4n) is 1.75. The Morgan fingerprint density at radius 1 is 1.38 bits per heavy atom. The molecule has 1 aromatic rings. The van der Waals surface area contributed by atoms with Crippen LogP contribution in [0.2, 0.25) is 5.02 Å². The molecule has 13 heavy (non-hydrogen) atoms. The Morgan fingerprint density at radius 3 is 2.77 bits per heavy atom. The van der Waals surface area contributed by atoms with Crippen molar-refractivity contribution >= 4 is 17.8 Å². The predicted octanol–water partition coefficient (Wildman–Crippen LogP) is 1.30. The molecule has 68 valence electrons. The molecule has 1 aliphatic rings. The highest BCUT2D eigenvalue weighted by Gasteiger charge is 2.16. The van der Waals surface area contributed by atoms with E-state index in [0.29, 0.717) is 0 Å². The summed E-state index contributed by atoms with van der Waals surface area (Å²) in [4.78, 5) is 0. The summed E-state index contributed by atoms with van der Waals surface area (Å²) in [6, 6.07) is 4.20. The Kier molecular flexibility index (Phi) is 2.12. The summed E-state index contributed by atoms with van der Waals surface area (Å²) in [5, 5.41) is 3.36. The standard InChI is InChI=1S/C11H13ClN/c1-3-4-13-7-9-5-8(2)6-10(12)11(9)13/h5-7H,3-4H2,1-2H3/q+1. The fraction of sp³-hybridized carbons (Fsp3) is 0.364. The molecule has 0 saturated heterocycles. The van der Waals surface area contributed by atoms with Crippen molar-refractivity contribution in [2.75, 3.05) is 6.54 Å². The van der Waals surface area contributed by atoms with Crippen molar-refractivity contribution < 1.29 is 0 Å². The highest BCUT2D eigenvalue weighted by Crippen LogP contribution is 2.03. The van der Waals surface area contributed by atoms with E-state index in [1.54, 1.807) is 0 Å². The average Bonchev–Trinajstić information content (AvgIpc) is 1.99. The summed E-state index contributed by atoms with van der Waals surface area (Å²) in [7, 11) is 0. The van der Waals surface area contributed by atoms with Crippen LogP contribution in [0.4, 0.5) is 0 Å². The second-order valence-electron chi connectivity index (χ2n) is 3.51. The van der Waals surface area contributed by atoms with Crippen molar-refractivity contribution in [1.82, 2.24) is 4.58 Å². The molecule has 0 N–H and O–H groups in total. The molecule has 0 spiro atoms. The molecule has 0 saturated carbocycles. The number of nitrogens with zero attached hydrogens (tertiary/aromatic N) is 1. The third kappa shape index (κ3) is 1.37. The third-order valence-corrected chi connectivity index (χ3v) is 2.57. The molecule has 2 rings (SSSR count). The normalized spacial score (nSPS) is 13.3. The Morgan fingerprint density at radius 2 is 2.15 bits per heavy atom. The molecular weight excluding hydrogens is 182 g/mol. The van der Waals surface area contributed by atoms with Crippen LogP contribution in [0, 0.1) is 6.92 Å². The zero-order chi connectivity index (χ0) is 9.42. The van der Waals surface area contributed by atoms with Gasteiger partial charge in [0.25, 0.3) is 0 Å². The van der Waals surface area contributed by atoms with Gasteiger partial charge in [0, 0.05) is 6.42 Å². The van der Waals surface area contributed by atoms with E-state index in [1.165, 1.54) is 16.1 Å². The van der Waals surface area contributed by atoms with Crippen molar-refractivity contribution in [2.24, 2.45) is 0 Å². The quantitative estimate of drug-likeness (QED) is 0.625. The van der Waals surface area contributed by atoms with Gasteiger partial charge in [-0.25, -0.2) is 0 Å². The molecule has 0 unspecified atom stereocenters. The maximum Gasteiger partial charge on any atom is 0.237 e. The van der Waals surface area contributed by atoms with Gasteiger partial charge >= 0.3 is 0 Å². The summed E-state index contributed by atoms with van der Waals surface area (Å²) in [5.41, 5.74) is 1.23. The monoisotopic (exact) mass is 194 g/mol.